The zero-order valence-electron chi connectivity index (χ0n) is 30.8. The van der Waals surface area contributed by atoms with Crippen LogP contribution in [0.2, 0.25) is 0 Å². The van der Waals surface area contributed by atoms with Crippen LogP contribution in [0.5, 0.6) is 0 Å². The second-order valence-electron chi connectivity index (χ2n) is 14.9. The zero-order chi connectivity index (χ0) is 37.0. The number of fused-ring (bicyclic) bond motifs is 3. The third-order valence-corrected chi connectivity index (χ3v) is 12.6. The van der Waals surface area contributed by atoms with Crippen molar-refractivity contribution in [2.75, 3.05) is 39.2 Å². The SMILES string of the molecule is CN[C@@H](C)C(=S)N[C@H]1CCS[C@H]2CC(C)(C)[C@@H](C(=O)N[C@H]3c4ccccc4C[C@H]3OCCOCCO[C@@H]3Cc4ccccc4[C@@H]3NC(C)=O)N2C1=O. The van der Waals surface area contributed by atoms with E-state index >= 15 is 0 Å². The summed E-state index contributed by atoms with van der Waals surface area (Å²) < 4.78 is 18.5. The van der Waals surface area contributed by atoms with E-state index in [1.54, 1.807) is 11.8 Å². The van der Waals surface area contributed by atoms with Gasteiger partial charge >= 0.3 is 0 Å². The first-order valence-corrected chi connectivity index (χ1v) is 19.9. The normalized spacial score (nSPS) is 28.0. The Morgan fingerprint density at radius 3 is 2.08 bits per heavy atom. The van der Waals surface area contributed by atoms with Crippen LogP contribution in [0.25, 0.3) is 0 Å². The third-order valence-electron chi connectivity index (χ3n) is 10.8. The maximum absolute atomic E-state index is 14.4. The molecule has 0 unspecified atom stereocenters. The molecule has 6 rings (SSSR count). The molecule has 2 aliphatic heterocycles. The van der Waals surface area contributed by atoms with Gasteiger partial charge in [-0.2, -0.15) is 0 Å². The number of rotatable bonds is 14. The van der Waals surface area contributed by atoms with Crippen LogP contribution < -0.4 is 21.3 Å². The molecular weight excluding hydrogens is 699 g/mol. The van der Waals surface area contributed by atoms with E-state index in [1.807, 2.05) is 55.3 Å². The molecule has 2 fully saturated rings. The van der Waals surface area contributed by atoms with Crippen molar-refractivity contribution >= 4 is 46.7 Å². The third kappa shape index (κ3) is 8.50. The maximum atomic E-state index is 14.4. The standard InChI is InChI=1S/C39H53N5O6S2/c1-23(40-5)37(51)42-29-14-19-52-32-22-39(3,4)35(44(32)38(29)47)36(46)43-34-28-13-9-7-11-26(28)21-31(34)50-18-16-48-15-17-49-30-20-25-10-6-8-12-27(25)33(30)41-24(2)45/h6-13,23,29-35,40H,14-22H2,1-5H3,(H,41,45)(H,42,51)(H,43,46)/t23-,29-,30+,31+,32-,33-,34-,35+/m0/s1. The minimum Gasteiger partial charge on any atom is -0.377 e. The number of hydrogen-bond acceptors (Lipinski definition) is 9. The summed E-state index contributed by atoms with van der Waals surface area (Å²) in [6, 6.07) is 14.5. The van der Waals surface area contributed by atoms with Gasteiger partial charge in [0, 0.05) is 19.8 Å². The van der Waals surface area contributed by atoms with Gasteiger partial charge in [0.15, 0.2) is 0 Å². The zero-order valence-corrected chi connectivity index (χ0v) is 32.4. The van der Waals surface area contributed by atoms with Crippen molar-refractivity contribution in [2.45, 2.75) is 101 Å². The molecule has 0 radical (unpaired) electrons. The van der Waals surface area contributed by atoms with Crippen LogP contribution in [0.4, 0.5) is 0 Å². The van der Waals surface area contributed by atoms with Crippen LogP contribution in [0.1, 0.15) is 74.9 Å². The minimum absolute atomic E-state index is 0.0685. The molecule has 0 spiro atoms. The topological polar surface area (TPSA) is 130 Å². The Hall–Kier alpha value is -3.07. The molecule has 4 N–H and O–H groups in total. The fourth-order valence-electron chi connectivity index (χ4n) is 8.12. The van der Waals surface area contributed by atoms with Crippen molar-refractivity contribution in [1.82, 2.24) is 26.2 Å². The van der Waals surface area contributed by atoms with Crippen LogP contribution in [-0.2, 0) is 41.4 Å². The predicted molar refractivity (Wildman–Crippen MR) is 206 cm³/mol. The van der Waals surface area contributed by atoms with Crippen molar-refractivity contribution in [3.8, 4) is 0 Å². The van der Waals surface area contributed by atoms with E-state index in [-0.39, 0.29) is 53.4 Å². The summed E-state index contributed by atoms with van der Waals surface area (Å²) in [6.07, 6.45) is 2.36. The fourth-order valence-corrected chi connectivity index (χ4v) is 9.96. The largest absolute Gasteiger partial charge is 0.377 e. The van der Waals surface area contributed by atoms with Gasteiger partial charge in [-0.15, -0.1) is 11.8 Å². The van der Waals surface area contributed by atoms with Crippen molar-refractivity contribution in [2.24, 2.45) is 5.41 Å². The number of benzene rings is 2. The summed E-state index contributed by atoms with van der Waals surface area (Å²) >= 11 is 7.34. The Kier molecular flexibility index (Phi) is 12.6. The van der Waals surface area contributed by atoms with Crippen LogP contribution >= 0.6 is 24.0 Å². The molecule has 2 aromatic carbocycles. The molecular formula is C39H53N5O6S2. The minimum atomic E-state index is -0.634. The molecule has 52 heavy (non-hydrogen) atoms. The molecule has 0 bridgehead atoms. The first-order chi connectivity index (χ1) is 25.0. The monoisotopic (exact) mass is 751 g/mol. The second kappa shape index (κ2) is 16.9. The predicted octanol–water partition coefficient (Wildman–Crippen LogP) is 3.60. The first-order valence-electron chi connectivity index (χ1n) is 18.4. The summed E-state index contributed by atoms with van der Waals surface area (Å²) in [5.41, 5.74) is 4.04. The highest BCUT2D eigenvalue weighted by molar-refractivity contribution is 7.99. The molecule has 2 saturated heterocycles. The summed E-state index contributed by atoms with van der Waals surface area (Å²) in [5, 5.41) is 12.7. The molecule has 4 aliphatic rings. The molecule has 11 nitrogen and oxygen atoms in total. The summed E-state index contributed by atoms with van der Waals surface area (Å²) in [6.45, 7) is 9.16. The van der Waals surface area contributed by atoms with Gasteiger partial charge < -0.3 is 40.4 Å². The van der Waals surface area contributed by atoms with E-state index in [0.717, 1.165) is 35.3 Å². The van der Waals surface area contributed by atoms with E-state index in [4.69, 9.17) is 26.4 Å². The lowest BCUT2D eigenvalue weighted by Crippen LogP contribution is -2.58. The van der Waals surface area contributed by atoms with Crippen molar-refractivity contribution in [1.29, 1.82) is 0 Å². The number of nitrogens with one attached hydrogen (secondary N) is 4. The molecule has 3 amide bonds. The van der Waals surface area contributed by atoms with E-state index in [0.29, 0.717) is 44.3 Å². The molecule has 0 aromatic heterocycles. The summed E-state index contributed by atoms with van der Waals surface area (Å²) in [4.78, 5) is 42.8. The molecule has 2 aliphatic carbocycles. The number of amides is 3. The van der Waals surface area contributed by atoms with Gasteiger partial charge in [-0.05, 0) is 60.2 Å². The molecule has 2 heterocycles. The fraction of sp³-hybridized carbons (Fsp3) is 0.590. The van der Waals surface area contributed by atoms with Gasteiger partial charge in [0.25, 0.3) is 0 Å². The van der Waals surface area contributed by atoms with Gasteiger partial charge in [0.2, 0.25) is 17.7 Å². The van der Waals surface area contributed by atoms with Crippen molar-refractivity contribution < 1.29 is 28.6 Å². The Bertz CT molecular complexity index is 1620. The van der Waals surface area contributed by atoms with Crippen molar-refractivity contribution in [3.05, 3.63) is 70.8 Å². The van der Waals surface area contributed by atoms with E-state index in [2.05, 4.69) is 47.2 Å². The quantitative estimate of drug-likeness (QED) is 0.168. The highest BCUT2D eigenvalue weighted by atomic mass is 32.2. The Morgan fingerprint density at radius 2 is 1.50 bits per heavy atom. The van der Waals surface area contributed by atoms with Gasteiger partial charge in [-0.25, -0.2) is 0 Å². The molecule has 2 aromatic rings. The van der Waals surface area contributed by atoms with Gasteiger partial charge in [0.1, 0.15) is 12.1 Å². The average Bonchev–Trinajstić information content (AvgIpc) is 3.70. The number of ether oxygens (including phenoxy) is 3. The van der Waals surface area contributed by atoms with Crippen LogP contribution in [-0.4, -0.2) is 103 Å². The number of hydrogen-bond donors (Lipinski definition) is 4. The average molecular weight is 752 g/mol. The first kappa shape index (κ1) is 38.6. The van der Waals surface area contributed by atoms with Crippen LogP contribution in [0, 0.1) is 5.41 Å². The highest BCUT2D eigenvalue weighted by Crippen LogP contribution is 2.47. The van der Waals surface area contributed by atoms with E-state index in [1.165, 1.54) is 12.5 Å². The second-order valence-corrected chi connectivity index (χ2v) is 16.7. The summed E-state index contributed by atoms with van der Waals surface area (Å²) in [7, 11) is 1.84. The number of likely N-dealkylation sites (N-methyl/N-ethyl adjacent to an activating group) is 1. The van der Waals surface area contributed by atoms with Crippen LogP contribution in [0.3, 0.4) is 0 Å². The maximum Gasteiger partial charge on any atom is 0.246 e. The lowest BCUT2D eigenvalue weighted by atomic mass is 9.83. The summed E-state index contributed by atoms with van der Waals surface area (Å²) in [5.74, 6) is 0.483. The molecule has 13 heteroatoms. The highest BCUT2D eigenvalue weighted by Gasteiger charge is 2.55. The van der Waals surface area contributed by atoms with Gasteiger partial charge in [0.05, 0.1) is 67.1 Å². The Morgan fingerprint density at radius 1 is 0.923 bits per heavy atom. The Balaban J connectivity index is 1.04. The number of thioether (sulfide) groups is 1. The van der Waals surface area contributed by atoms with E-state index in [9.17, 15) is 14.4 Å². The number of nitrogens with zero attached hydrogens (tertiary/aromatic N) is 1. The number of carbonyl (C=O) groups is 3. The number of thiocarbonyl (C=S) groups is 1. The van der Waals surface area contributed by atoms with Crippen LogP contribution in [0.15, 0.2) is 48.5 Å². The lowest BCUT2D eigenvalue weighted by molar-refractivity contribution is -0.143. The smallest absolute Gasteiger partial charge is 0.246 e. The molecule has 0 saturated carbocycles. The molecule has 282 valence electrons. The molecule has 8 atom stereocenters. The van der Waals surface area contributed by atoms with E-state index < -0.39 is 17.5 Å². The lowest BCUT2D eigenvalue weighted by Gasteiger charge is -2.35. The number of carbonyl (C=O) groups excluding carboxylic acids is 3. The Labute approximate surface area is 317 Å². The van der Waals surface area contributed by atoms with Gasteiger partial charge in [-0.1, -0.05) is 74.6 Å². The van der Waals surface area contributed by atoms with Gasteiger partial charge in [-0.3, -0.25) is 14.4 Å². The van der Waals surface area contributed by atoms with Crippen molar-refractivity contribution in [3.63, 3.8) is 0 Å².